The first kappa shape index (κ1) is 15.8. The lowest BCUT2D eigenvalue weighted by Crippen LogP contribution is -2.42. The highest BCUT2D eigenvalue weighted by Crippen LogP contribution is 2.28. The molecule has 0 bridgehead atoms. The normalized spacial score (nSPS) is 11.8. The van der Waals surface area contributed by atoms with Gasteiger partial charge in [-0.3, -0.25) is 0 Å². The van der Waals surface area contributed by atoms with Crippen molar-refractivity contribution in [3.05, 3.63) is 28.2 Å². The van der Waals surface area contributed by atoms with Gasteiger partial charge in [0, 0.05) is 6.54 Å². The van der Waals surface area contributed by atoms with Crippen molar-refractivity contribution in [2.24, 2.45) is 0 Å². The van der Waals surface area contributed by atoms with Gasteiger partial charge < -0.3 is 20.5 Å². The Morgan fingerprint density at radius 1 is 1.53 bits per heavy atom. The van der Waals surface area contributed by atoms with Crippen molar-refractivity contribution >= 4 is 22.0 Å². The molecule has 3 N–H and O–H groups in total. The van der Waals surface area contributed by atoms with Crippen molar-refractivity contribution in [3.8, 4) is 5.75 Å². The van der Waals surface area contributed by atoms with Crippen molar-refractivity contribution in [3.63, 3.8) is 0 Å². The predicted octanol–water partition coefficient (Wildman–Crippen LogP) is 1.68. The Balaban J connectivity index is 2.45. The van der Waals surface area contributed by atoms with E-state index in [1.807, 2.05) is 18.2 Å². The number of ether oxygens (including phenoxy) is 1. The molecule has 0 aliphatic heterocycles. The SMILES string of the molecule is COc1c(Br)cccc1CCNC(=O)NC(C)CO. The lowest BCUT2D eigenvalue weighted by atomic mass is 10.1. The Morgan fingerprint density at radius 2 is 2.26 bits per heavy atom. The zero-order chi connectivity index (χ0) is 14.3. The first-order valence-electron chi connectivity index (χ1n) is 6.05. The predicted molar refractivity (Wildman–Crippen MR) is 77.5 cm³/mol. The summed E-state index contributed by atoms with van der Waals surface area (Å²) in [5.41, 5.74) is 1.02. The summed E-state index contributed by atoms with van der Waals surface area (Å²) in [6.45, 7) is 2.15. The topological polar surface area (TPSA) is 70.6 Å². The molecule has 1 aromatic carbocycles. The number of aliphatic hydroxyl groups excluding tert-OH is 1. The smallest absolute Gasteiger partial charge is 0.315 e. The first-order valence-corrected chi connectivity index (χ1v) is 6.84. The monoisotopic (exact) mass is 330 g/mol. The third-order valence-corrected chi connectivity index (χ3v) is 3.21. The van der Waals surface area contributed by atoms with Crippen molar-refractivity contribution < 1.29 is 14.6 Å². The van der Waals surface area contributed by atoms with Crippen LogP contribution in [0.25, 0.3) is 0 Å². The molecule has 1 rings (SSSR count). The van der Waals surface area contributed by atoms with Crippen LogP contribution in [0.1, 0.15) is 12.5 Å². The number of para-hydroxylation sites is 1. The number of hydrogen-bond acceptors (Lipinski definition) is 3. The number of nitrogens with one attached hydrogen (secondary N) is 2. The molecule has 0 spiro atoms. The third-order valence-electron chi connectivity index (χ3n) is 2.58. The highest BCUT2D eigenvalue weighted by molar-refractivity contribution is 9.10. The Morgan fingerprint density at radius 3 is 2.89 bits per heavy atom. The largest absolute Gasteiger partial charge is 0.495 e. The number of benzene rings is 1. The number of carbonyl (C=O) groups is 1. The Labute approximate surface area is 121 Å². The van der Waals surface area contributed by atoms with Crippen LogP contribution in [-0.2, 0) is 6.42 Å². The number of rotatable bonds is 6. The molecule has 0 aromatic heterocycles. The molecule has 2 amide bonds. The number of amides is 2. The van der Waals surface area contributed by atoms with E-state index in [4.69, 9.17) is 9.84 Å². The highest BCUT2D eigenvalue weighted by atomic mass is 79.9. The van der Waals surface area contributed by atoms with Gasteiger partial charge in [-0.1, -0.05) is 12.1 Å². The van der Waals surface area contributed by atoms with Crippen LogP contribution >= 0.6 is 15.9 Å². The molecule has 0 fully saturated rings. The third kappa shape index (κ3) is 5.08. The second-order valence-corrected chi connectivity index (χ2v) is 5.02. The van der Waals surface area contributed by atoms with Gasteiger partial charge in [-0.05, 0) is 40.9 Å². The van der Waals surface area contributed by atoms with E-state index in [0.29, 0.717) is 13.0 Å². The summed E-state index contributed by atoms with van der Waals surface area (Å²) >= 11 is 3.42. The number of urea groups is 1. The molecular weight excluding hydrogens is 312 g/mol. The van der Waals surface area contributed by atoms with E-state index in [2.05, 4.69) is 26.6 Å². The summed E-state index contributed by atoms with van der Waals surface area (Å²) < 4.78 is 6.20. The van der Waals surface area contributed by atoms with Gasteiger partial charge >= 0.3 is 6.03 Å². The van der Waals surface area contributed by atoms with Gasteiger partial charge in [0.15, 0.2) is 0 Å². The number of hydrogen-bond donors (Lipinski definition) is 3. The molecule has 1 atom stereocenters. The van der Waals surface area contributed by atoms with Crippen LogP contribution in [0.2, 0.25) is 0 Å². The van der Waals surface area contributed by atoms with Gasteiger partial charge in [-0.25, -0.2) is 4.79 Å². The van der Waals surface area contributed by atoms with E-state index in [-0.39, 0.29) is 18.7 Å². The Kier molecular flexibility index (Phi) is 6.66. The second-order valence-electron chi connectivity index (χ2n) is 4.17. The van der Waals surface area contributed by atoms with Crippen LogP contribution in [0.5, 0.6) is 5.75 Å². The Bertz CT molecular complexity index is 426. The molecule has 0 aliphatic carbocycles. The van der Waals surface area contributed by atoms with E-state index >= 15 is 0 Å². The van der Waals surface area contributed by atoms with Gasteiger partial charge in [0.25, 0.3) is 0 Å². The van der Waals surface area contributed by atoms with Gasteiger partial charge in [0.2, 0.25) is 0 Å². The first-order chi connectivity index (χ1) is 9.08. The molecule has 0 aliphatic rings. The lowest BCUT2D eigenvalue weighted by molar-refractivity contribution is 0.220. The standard InChI is InChI=1S/C13H19BrN2O3/c1-9(8-17)16-13(18)15-7-6-10-4-3-5-11(14)12(10)19-2/h3-5,9,17H,6-8H2,1-2H3,(H2,15,16,18). The molecule has 0 heterocycles. The Hall–Kier alpha value is -1.27. The molecule has 0 saturated carbocycles. The van der Waals surface area contributed by atoms with Crippen LogP contribution in [0.4, 0.5) is 4.79 Å². The molecule has 6 heteroatoms. The fourth-order valence-corrected chi connectivity index (χ4v) is 2.18. The fraction of sp³-hybridized carbons (Fsp3) is 0.462. The molecule has 0 radical (unpaired) electrons. The number of carbonyl (C=O) groups excluding carboxylic acids is 1. The van der Waals surface area contributed by atoms with Crippen molar-refractivity contribution in [1.82, 2.24) is 10.6 Å². The summed E-state index contributed by atoms with van der Waals surface area (Å²) in [6, 6.07) is 5.26. The molecule has 5 nitrogen and oxygen atoms in total. The lowest BCUT2D eigenvalue weighted by Gasteiger charge is -2.13. The summed E-state index contributed by atoms with van der Waals surface area (Å²) in [5, 5.41) is 14.2. The molecule has 1 aromatic rings. The van der Waals surface area contributed by atoms with Crippen molar-refractivity contribution in [2.75, 3.05) is 20.3 Å². The minimum absolute atomic E-state index is 0.0765. The van der Waals surface area contributed by atoms with E-state index in [9.17, 15) is 4.79 Å². The molecule has 1 unspecified atom stereocenters. The van der Waals surface area contributed by atoms with Crippen LogP contribution in [0.15, 0.2) is 22.7 Å². The van der Waals surface area contributed by atoms with Crippen LogP contribution in [0.3, 0.4) is 0 Å². The zero-order valence-electron chi connectivity index (χ0n) is 11.1. The maximum Gasteiger partial charge on any atom is 0.315 e. The van der Waals surface area contributed by atoms with Crippen molar-refractivity contribution in [2.45, 2.75) is 19.4 Å². The van der Waals surface area contributed by atoms with Crippen LogP contribution in [-0.4, -0.2) is 37.4 Å². The molecule has 106 valence electrons. The van der Waals surface area contributed by atoms with E-state index in [1.165, 1.54) is 0 Å². The number of halogens is 1. The second kappa shape index (κ2) is 8.01. The van der Waals surface area contributed by atoms with E-state index in [1.54, 1.807) is 14.0 Å². The zero-order valence-corrected chi connectivity index (χ0v) is 12.7. The van der Waals surface area contributed by atoms with Crippen LogP contribution < -0.4 is 15.4 Å². The van der Waals surface area contributed by atoms with Crippen LogP contribution in [0, 0.1) is 0 Å². The maximum atomic E-state index is 11.5. The minimum Gasteiger partial charge on any atom is -0.495 e. The van der Waals surface area contributed by atoms with Gasteiger partial charge in [-0.2, -0.15) is 0 Å². The minimum atomic E-state index is -0.282. The highest BCUT2D eigenvalue weighted by Gasteiger charge is 2.08. The maximum absolute atomic E-state index is 11.5. The average molecular weight is 331 g/mol. The summed E-state index contributed by atoms with van der Waals surface area (Å²) in [5.74, 6) is 0.786. The molecule has 0 saturated heterocycles. The summed E-state index contributed by atoms with van der Waals surface area (Å²) in [6.07, 6.45) is 0.670. The van der Waals surface area contributed by atoms with Gasteiger partial charge in [0.1, 0.15) is 5.75 Å². The fourth-order valence-electron chi connectivity index (χ4n) is 1.61. The number of aliphatic hydroxyl groups is 1. The van der Waals surface area contributed by atoms with Crippen molar-refractivity contribution in [1.29, 1.82) is 0 Å². The molecular formula is C13H19BrN2O3. The van der Waals surface area contributed by atoms with E-state index in [0.717, 1.165) is 15.8 Å². The quantitative estimate of drug-likeness (QED) is 0.743. The summed E-state index contributed by atoms with van der Waals surface area (Å²) in [7, 11) is 1.62. The number of methoxy groups -OCH3 is 1. The van der Waals surface area contributed by atoms with Gasteiger partial charge in [0.05, 0.1) is 24.2 Å². The molecule has 19 heavy (non-hydrogen) atoms. The van der Waals surface area contributed by atoms with Gasteiger partial charge in [-0.15, -0.1) is 0 Å². The summed E-state index contributed by atoms with van der Waals surface area (Å²) in [4.78, 5) is 11.5. The van der Waals surface area contributed by atoms with E-state index < -0.39 is 0 Å². The average Bonchev–Trinajstić information content (AvgIpc) is 2.38.